The Morgan fingerprint density at radius 2 is 1.71 bits per heavy atom. The van der Waals surface area contributed by atoms with Gasteiger partial charge in [-0.2, -0.15) is 8.42 Å². The van der Waals surface area contributed by atoms with Crippen LogP contribution in [0.3, 0.4) is 0 Å². The van der Waals surface area contributed by atoms with Crippen molar-refractivity contribution in [2.75, 3.05) is 5.73 Å². The van der Waals surface area contributed by atoms with Gasteiger partial charge in [-0.3, -0.25) is 4.55 Å². The predicted molar refractivity (Wildman–Crippen MR) is 57.3 cm³/mol. The minimum atomic E-state index is -4.15. The van der Waals surface area contributed by atoms with E-state index in [0.717, 1.165) is 5.56 Å². The second-order valence-corrected chi connectivity index (χ2v) is 4.34. The van der Waals surface area contributed by atoms with Gasteiger partial charge < -0.3 is 5.73 Å². The summed E-state index contributed by atoms with van der Waals surface area (Å²) in [5.41, 5.74) is 7.16. The molecule has 0 aliphatic carbocycles. The molecule has 0 spiro atoms. The number of rotatable bonds is 1. The molecule has 0 saturated heterocycles. The predicted octanol–water partition coefficient (Wildman–Crippen LogP) is 0.484. The van der Waals surface area contributed by atoms with Crippen LogP contribution in [-0.2, 0) is 10.1 Å². The molecule has 0 amide bonds. The molecule has 0 fully saturated rings. The quantitative estimate of drug-likeness (QED) is 0.414. The van der Waals surface area contributed by atoms with Gasteiger partial charge >= 0.3 is 29.6 Å². The molecule has 74 valence electrons. The van der Waals surface area contributed by atoms with Gasteiger partial charge in [0, 0.05) is 5.69 Å². The van der Waals surface area contributed by atoms with Crippen molar-refractivity contribution in [1.82, 2.24) is 0 Å². The van der Waals surface area contributed by atoms with E-state index in [2.05, 4.69) is 0 Å². The zero-order valence-corrected chi connectivity index (χ0v) is 8.22. The van der Waals surface area contributed by atoms with E-state index in [-0.39, 0.29) is 34.5 Å². The fraction of sp³-hybridized carbons (Fsp3) is 0.250. The van der Waals surface area contributed by atoms with Gasteiger partial charge in [-0.25, -0.2) is 0 Å². The molecular weight excluding hydrogens is 213 g/mol. The molecule has 0 bridgehead atoms. The molecule has 0 atom stereocenters. The fourth-order valence-electron chi connectivity index (χ4n) is 1.13. The topological polar surface area (TPSA) is 80.4 Å². The third-order valence-corrected chi connectivity index (χ3v) is 2.84. The number of nitrogen functional groups attached to an aromatic ring is 1. The van der Waals surface area contributed by atoms with Crippen molar-refractivity contribution in [1.29, 1.82) is 0 Å². The van der Waals surface area contributed by atoms with Crippen LogP contribution >= 0.6 is 0 Å². The summed E-state index contributed by atoms with van der Waals surface area (Å²) in [7, 11) is -4.15. The summed E-state index contributed by atoms with van der Waals surface area (Å²) in [4.78, 5) is -0.129. The fourth-order valence-corrected chi connectivity index (χ4v) is 1.87. The van der Waals surface area contributed by atoms with Gasteiger partial charge in [0.25, 0.3) is 10.1 Å². The first kappa shape index (κ1) is 13.9. The Hall–Kier alpha value is -0.0700. The van der Waals surface area contributed by atoms with Crippen LogP contribution in [0.25, 0.3) is 0 Å². The molecule has 0 aromatic heterocycles. The van der Waals surface area contributed by atoms with Crippen LogP contribution in [0.15, 0.2) is 17.0 Å². The first-order chi connectivity index (χ1) is 5.82. The van der Waals surface area contributed by atoms with Crippen molar-refractivity contribution in [3.05, 3.63) is 23.3 Å². The molecule has 0 heterocycles. The Kier molecular flexibility index (Phi) is 4.61. The van der Waals surface area contributed by atoms with Crippen LogP contribution in [0.4, 0.5) is 5.69 Å². The monoisotopic (exact) mass is 225 g/mol. The number of hydrogen-bond donors (Lipinski definition) is 2. The summed E-state index contributed by atoms with van der Waals surface area (Å²) < 4.78 is 30.4. The van der Waals surface area contributed by atoms with Crippen molar-refractivity contribution in [3.63, 3.8) is 0 Å². The first-order valence-corrected chi connectivity index (χ1v) is 5.10. The van der Waals surface area contributed by atoms with Gasteiger partial charge in [0.1, 0.15) is 0 Å². The molecule has 0 saturated carbocycles. The number of nitrogens with two attached hydrogens (primary N) is 1. The zero-order valence-electron chi connectivity index (χ0n) is 7.40. The first-order valence-electron chi connectivity index (χ1n) is 3.66. The van der Waals surface area contributed by atoms with Gasteiger partial charge in [-0.1, -0.05) is 6.07 Å². The van der Waals surface area contributed by atoms with Crippen LogP contribution in [0.2, 0.25) is 0 Å². The van der Waals surface area contributed by atoms with Crippen LogP contribution < -0.4 is 5.73 Å². The standard InChI is InChI=1S/C8H11NO3S.Na.H/c1-5-3-6(2)8(4-7(5)9)13(10,11)12;;/h3-4H,9H2,1-2H3,(H,10,11,12);;. The van der Waals surface area contributed by atoms with E-state index in [4.69, 9.17) is 10.3 Å². The Labute approximate surface area is 106 Å². The average Bonchev–Trinajstić information content (AvgIpc) is 1.94. The number of benzene rings is 1. The van der Waals surface area contributed by atoms with Crippen LogP contribution in [0, 0.1) is 13.8 Å². The summed E-state index contributed by atoms with van der Waals surface area (Å²) in [5.74, 6) is 0. The van der Waals surface area contributed by atoms with E-state index in [9.17, 15) is 8.42 Å². The Balaban J connectivity index is 0.00000169. The van der Waals surface area contributed by atoms with E-state index in [1.165, 1.54) is 6.07 Å². The molecule has 4 nitrogen and oxygen atoms in total. The van der Waals surface area contributed by atoms with Crippen molar-refractivity contribution in [3.8, 4) is 0 Å². The van der Waals surface area contributed by atoms with Crippen molar-refractivity contribution in [2.24, 2.45) is 0 Å². The van der Waals surface area contributed by atoms with Gasteiger partial charge in [-0.05, 0) is 31.0 Å². The zero-order chi connectivity index (χ0) is 10.2. The van der Waals surface area contributed by atoms with E-state index in [1.54, 1.807) is 19.9 Å². The van der Waals surface area contributed by atoms with E-state index < -0.39 is 10.1 Å². The third kappa shape index (κ3) is 2.96. The second-order valence-electron chi connectivity index (χ2n) is 2.95. The van der Waals surface area contributed by atoms with Gasteiger partial charge in [0.2, 0.25) is 0 Å². The van der Waals surface area contributed by atoms with Crippen LogP contribution in [-0.4, -0.2) is 42.5 Å². The van der Waals surface area contributed by atoms with Crippen molar-refractivity contribution < 1.29 is 13.0 Å². The Morgan fingerprint density at radius 3 is 2.14 bits per heavy atom. The maximum absolute atomic E-state index is 10.8. The molecule has 0 aliphatic rings. The summed E-state index contributed by atoms with van der Waals surface area (Å²) in [6.07, 6.45) is 0. The summed E-state index contributed by atoms with van der Waals surface area (Å²) in [6, 6.07) is 2.89. The minimum absolute atomic E-state index is 0. The molecule has 1 rings (SSSR count). The molecule has 14 heavy (non-hydrogen) atoms. The summed E-state index contributed by atoms with van der Waals surface area (Å²) in [6.45, 7) is 3.38. The van der Waals surface area contributed by atoms with Crippen molar-refractivity contribution in [2.45, 2.75) is 18.7 Å². The van der Waals surface area contributed by atoms with Crippen LogP contribution in [0.5, 0.6) is 0 Å². The molecule has 1 aromatic carbocycles. The summed E-state index contributed by atoms with van der Waals surface area (Å²) in [5, 5.41) is 0. The maximum atomic E-state index is 10.8. The summed E-state index contributed by atoms with van der Waals surface area (Å²) >= 11 is 0. The average molecular weight is 225 g/mol. The molecule has 0 unspecified atom stereocenters. The number of anilines is 1. The van der Waals surface area contributed by atoms with Crippen molar-refractivity contribution >= 4 is 45.4 Å². The Bertz CT molecular complexity index is 442. The molecule has 6 heteroatoms. The van der Waals surface area contributed by atoms with Gasteiger partial charge in [0.05, 0.1) is 4.90 Å². The Morgan fingerprint density at radius 1 is 1.21 bits per heavy atom. The van der Waals surface area contributed by atoms with Crippen LogP contribution in [0.1, 0.15) is 11.1 Å². The second kappa shape index (κ2) is 4.63. The SMILES string of the molecule is Cc1cc(C)c(S(=O)(=O)O)cc1N.[NaH]. The molecule has 1 aromatic rings. The molecule has 3 N–H and O–H groups in total. The molecular formula is C8H12NNaO3S. The normalized spacial score (nSPS) is 10.8. The van der Waals surface area contributed by atoms with E-state index in [0.29, 0.717) is 11.3 Å². The molecule has 0 aliphatic heterocycles. The van der Waals surface area contributed by atoms with E-state index in [1.807, 2.05) is 0 Å². The number of aryl methyl sites for hydroxylation is 2. The molecule has 0 radical (unpaired) electrons. The van der Waals surface area contributed by atoms with Gasteiger partial charge in [0.15, 0.2) is 0 Å². The van der Waals surface area contributed by atoms with E-state index >= 15 is 0 Å². The third-order valence-electron chi connectivity index (χ3n) is 1.84. The number of hydrogen-bond acceptors (Lipinski definition) is 3. The van der Waals surface area contributed by atoms with Gasteiger partial charge in [-0.15, -0.1) is 0 Å².